The van der Waals surface area contributed by atoms with E-state index in [9.17, 15) is 9.59 Å². The highest BCUT2D eigenvalue weighted by Gasteiger charge is 2.26. The van der Waals surface area contributed by atoms with Crippen LogP contribution in [-0.2, 0) is 23.1 Å². The predicted octanol–water partition coefficient (Wildman–Crippen LogP) is 2.68. The number of imidazole rings is 1. The number of aliphatic carboxylic acids is 1. The van der Waals surface area contributed by atoms with Crippen LogP contribution in [0.25, 0.3) is 11.0 Å². The number of nitrogens with one attached hydrogen (secondary N) is 1. The molecule has 1 aliphatic rings. The van der Waals surface area contributed by atoms with Crippen LogP contribution in [0.15, 0.2) is 23.0 Å². The van der Waals surface area contributed by atoms with E-state index < -0.39 is 5.97 Å². The first kappa shape index (κ1) is 19.5. The number of nitrogens with zero attached hydrogens (tertiary/aromatic N) is 2. The Morgan fingerprint density at radius 2 is 2.00 bits per heavy atom. The van der Waals surface area contributed by atoms with Gasteiger partial charge in [-0.05, 0) is 56.2 Å². The van der Waals surface area contributed by atoms with Crippen LogP contribution >= 0.6 is 0 Å². The third-order valence-electron chi connectivity index (χ3n) is 5.74. The lowest BCUT2D eigenvalue weighted by molar-refractivity contribution is -0.143. The second-order valence-electron chi connectivity index (χ2n) is 7.46. The third-order valence-corrected chi connectivity index (χ3v) is 5.74. The molecule has 0 radical (unpaired) electrons. The van der Waals surface area contributed by atoms with Crippen LogP contribution in [0.4, 0.5) is 5.69 Å². The number of hydrogen-bond acceptors (Lipinski definition) is 4. The van der Waals surface area contributed by atoms with Gasteiger partial charge >= 0.3 is 11.7 Å². The number of carboxylic acids is 1. The molecular formula is C20H29N3O4. The van der Waals surface area contributed by atoms with Crippen LogP contribution in [0, 0.1) is 11.8 Å². The molecule has 0 bridgehead atoms. The molecule has 1 aliphatic carbocycles. The summed E-state index contributed by atoms with van der Waals surface area (Å²) in [5.41, 5.74) is 2.83. The van der Waals surface area contributed by atoms with Gasteiger partial charge in [-0.1, -0.05) is 0 Å². The molecule has 0 amide bonds. The molecule has 0 saturated heterocycles. The fourth-order valence-corrected chi connectivity index (χ4v) is 4.04. The molecule has 0 aliphatic heterocycles. The Bertz CT molecular complexity index is 847. The van der Waals surface area contributed by atoms with Gasteiger partial charge in [-0.15, -0.1) is 0 Å². The van der Waals surface area contributed by atoms with Crippen LogP contribution in [0.3, 0.4) is 0 Å². The molecule has 7 nitrogen and oxygen atoms in total. The minimum Gasteiger partial charge on any atom is -0.481 e. The second kappa shape index (κ2) is 8.61. The van der Waals surface area contributed by atoms with Crippen LogP contribution in [0.2, 0.25) is 0 Å². The molecule has 3 rings (SSSR count). The molecule has 2 aromatic rings. The van der Waals surface area contributed by atoms with Crippen LogP contribution in [-0.4, -0.2) is 40.5 Å². The first-order valence-corrected chi connectivity index (χ1v) is 9.66. The standard InChI is InChI=1S/C20H29N3O4/c1-22-17-8-7-16(21-10-12-27-2)13-18(17)23(20(22)26)11-9-14-3-5-15(6-4-14)19(24)25/h7-8,13-15,21H,3-6,9-12H2,1-2H3,(H,24,25). The number of fused-ring (bicyclic) bond motifs is 1. The molecule has 1 fully saturated rings. The normalized spacial score (nSPS) is 20.1. The summed E-state index contributed by atoms with van der Waals surface area (Å²) in [7, 11) is 3.47. The average molecular weight is 375 g/mol. The lowest BCUT2D eigenvalue weighted by atomic mass is 9.80. The summed E-state index contributed by atoms with van der Waals surface area (Å²) in [5.74, 6) is -0.375. The molecule has 1 aromatic heterocycles. The molecule has 148 valence electrons. The van der Waals surface area contributed by atoms with Crippen molar-refractivity contribution in [1.29, 1.82) is 0 Å². The van der Waals surface area contributed by atoms with E-state index in [1.54, 1.807) is 18.7 Å². The lowest BCUT2D eigenvalue weighted by Crippen LogP contribution is -2.25. The van der Waals surface area contributed by atoms with E-state index in [0.717, 1.165) is 48.8 Å². The Balaban J connectivity index is 1.71. The van der Waals surface area contributed by atoms with Crippen molar-refractivity contribution in [1.82, 2.24) is 9.13 Å². The molecule has 27 heavy (non-hydrogen) atoms. The number of methoxy groups -OCH3 is 1. The Hall–Kier alpha value is -2.28. The molecule has 0 unspecified atom stereocenters. The van der Waals surface area contributed by atoms with Crippen molar-refractivity contribution in [2.45, 2.75) is 38.6 Å². The van der Waals surface area contributed by atoms with E-state index >= 15 is 0 Å². The number of anilines is 1. The topological polar surface area (TPSA) is 85.5 Å². The van der Waals surface area contributed by atoms with Crippen molar-refractivity contribution < 1.29 is 14.6 Å². The van der Waals surface area contributed by atoms with Gasteiger partial charge < -0.3 is 15.2 Å². The van der Waals surface area contributed by atoms with Crippen LogP contribution in [0.1, 0.15) is 32.1 Å². The quantitative estimate of drug-likeness (QED) is 0.693. The SMILES string of the molecule is COCCNc1ccc2c(c1)n(CCC1CCC(C(=O)O)CC1)c(=O)n2C. The van der Waals surface area contributed by atoms with Crippen LogP contribution in [0.5, 0.6) is 0 Å². The first-order chi connectivity index (χ1) is 13.0. The van der Waals surface area contributed by atoms with E-state index in [2.05, 4.69) is 5.32 Å². The highest BCUT2D eigenvalue weighted by molar-refractivity contribution is 5.80. The van der Waals surface area contributed by atoms with Gasteiger partial charge in [0.05, 0.1) is 23.6 Å². The van der Waals surface area contributed by atoms with Gasteiger partial charge in [0.1, 0.15) is 0 Å². The summed E-state index contributed by atoms with van der Waals surface area (Å²) < 4.78 is 8.60. The minimum absolute atomic E-state index is 0.00161. The molecule has 1 saturated carbocycles. The molecule has 1 aromatic carbocycles. The molecule has 7 heteroatoms. The van der Waals surface area contributed by atoms with Crippen molar-refractivity contribution in [3.63, 3.8) is 0 Å². The summed E-state index contributed by atoms with van der Waals surface area (Å²) in [4.78, 5) is 23.8. The lowest BCUT2D eigenvalue weighted by Gasteiger charge is -2.26. The smallest absolute Gasteiger partial charge is 0.328 e. The number of ether oxygens (including phenoxy) is 1. The summed E-state index contributed by atoms with van der Waals surface area (Å²) in [6, 6.07) is 5.98. The number of benzene rings is 1. The van der Waals surface area contributed by atoms with E-state index in [1.165, 1.54) is 0 Å². The fraction of sp³-hybridized carbons (Fsp3) is 0.600. The van der Waals surface area contributed by atoms with Gasteiger partial charge in [0.25, 0.3) is 0 Å². The maximum atomic E-state index is 12.7. The molecule has 0 spiro atoms. The van der Waals surface area contributed by atoms with Gasteiger partial charge in [0.2, 0.25) is 0 Å². The van der Waals surface area contributed by atoms with E-state index in [4.69, 9.17) is 9.84 Å². The Kier molecular flexibility index (Phi) is 6.21. The zero-order valence-electron chi connectivity index (χ0n) is 16.1. The highest BCUT2D eigenvalue weighted by Crippen LogP contribution is 2.31. The number of carboxylic acid groups (broad SMARTS) is 1. The molecule has 2 N–H and O–H groups in total. The summed E-state index contributed by atoms with van der Waals surface area (Å²) >= 11 is 0. The maximum absolute atomic E-state index is 12.7. The Morgan fingerprint density at radius 1 is 1.26 bits per heavy atom. The third kappa shape index (κ3) is 4.35. The van der Waals surface area contributed by atoms with Crippen molar-refractivity contribution in [3.05, 3.63) is 28.7 Å². The number of aromatic nitrogens is 2. The van der Waals surface area contributed by atoms with Crippen molar-refractivity contribution in [2.75, 3.05) is 25.6 Å². The van der Waals surface area contributed by atoms with E-state index in [-0.39, 0.29) is 11.6 Å². The summed E-state index contributed by atoms with van der Waals surface area (Å²) in [6.45, 7) is 2.00. The van der Waals surface area contributed by atoms with Crippen molar-refractivity contribution in [3.8, 4) is 0 Å². The minimum atomic E-state index is -0.674. The zero-order chi connectivity index (χ0) is 19.4. The maximum Gasteiger partial charge on any atom is 0.328 e. The zero-order valence-corrected chi connectivity index (χ0v) is 16.1. The van der Waals surface area contributed by atoms with E-state index in [0.29, 0.717) is 25.6 Å². The molecular weight excluding hydrogens is 346 g/mol. The largest absolute Gasteiger partial charge is 0.481 e. The number of carbonyl (C=O) groups is 1. The van der Waals surface area contributed by atoms with E-state index in [1.807, 2.05) is 22.8 Å². The molecule has 0 atom stereocenters. The number of aryl methyl sites for hydroxylation is 2. The van der Waals surface area contributed by atoms with Crippen LogP contribution < -0.4 is 11.0 Å². The number of rotatable bonds is 8. The van der Waals surface area contributed by atoms with Gasteiger partial charge in [-0.25, -0.2) is 4.79 Å². The monoisotopic (exact) mass is 375 g/mol. The summed E-state index contributed by atoms with van der Waals surface area (Å²) in [5, 5.41) is 12.4. The first-order valence-electron chi connectivity index (χ1n) is 9.66. The fourth-order valence-electron chi connectivity index (χ4n) is 4.04. The van der Waals surface area contributed by atoms with Crippen molar-refractivity contribution >= 4 is 22.7 Å². The average Bonchev–Trinajstić information content (AvgIpc) is 2.91. The van der Waals surface area contributed by atoms with Gasteiger partial charge in [0, 0.05) is 32.9 Å². The van der Waals surface area contributed by atoms with Gasteiger partial charge in [-0.3, -0.25) is 13.9 Å². The predicted molar refractivity (Wildman–Crippen MR) is 105 cm³/mol. The second-order valence-corrected chi connectivity index (χ2v) is 7.46. The summed E-state index contributed by atoms with van der Waals surface area (Å²) in [6.07, 6.45) is 4.27. The Morgan fingerprint density at radius 3 is 2.67 bits per heavy atom. The Labute approximate surface area is 158 Å². The molecule has 1 heterocycles. The highest BCUT2D eigenvalue weighted by atomic mass is 16.5. The number of hydrogen-bond donors (Lipinski definition) is 2. The van der Waals surface area contributed by atoms with Gasteiger partial charge in [0.15, 0.2) is 0 Å². The van der Waals surface area contributed by atoms with Gasteiger partial charge in [-0.2, -0.15) is 0 Å². The van der Waals surface area contributed by atoms with Crippen molar-refractivity contribution in [2.24, 2.45) is 18.9 Å².